The Labute approximate surface area is 152 Å². The van der Waals surface area contributed by atoms with Crippen LogP contribution in [0.3, 0.4) is 0 Å². The Morgan fingerprint density at radius 3 is 2.62 bits per heavy atom. The number of nitrogens with two attached hydrogens (primary N) is 2. The highest BCUT2D eigenvalue weighted by Crippen LogP contribution is 2.28. The van der Waals surface area contributed by atoms with Gasteiger partial charge in [0.05, 0.1) is 0 Å². The lowest BCUT2D eigenvalue weighted by molar-refractivity contribution is 0.209. The van der Waals surface area contributed by atoms with E-state index in [0.717, 1.165) is 36.9 Å². The van der Waals surface area contributed by atoms with Crippen LogP contribution >= 0.6 is 0 Å². The first-order valence-corrected chi connectivity index (χ1v) is 8.72. The van der Waals surface area contributed by atoms with Gasteiger partial charge in [0.25, 0.3) is 5.88 Å². The molecule has 1 aromatic heterocycles. The number of aryl methyl sites for hydroxylation is 1. The van der Waals surface area contributed by atoms with E-state index in [2.05, 4.69) is 20.8 Å². The summed E-state index contributed by atoms with van der Waals surface area (Å²) < 4.78 is 4.96. The van der Waals surface area contributed by atoms with Gasteiger partial charge in [0.1, 0.15) is 5.69 Å². The van der Waals surface area contributed by atoms with Gasteiger partial charge in [0.15, 0.2) is 5.82 Å². The first kappa shape index (κ1) is 17.9. The molecule has 0 spiro atoms. The summed E-state index contributed by atoms with van der Waals surface area (Å²) >= 11 is 0. The molecular formula is C18H24N6O2. The normalized spacial score (nSPS) is 19.6. The zero-order valence-electron chi connectivity index (χ0n) is 14.7. The van der Waals surface area contributed by atoms with Crippen LogP contribution in [0.25, 0.3) is 0 Å². The molecule has 6 N–H and O–H groups in total. The van der Waals surface area contributed by atoms with Gasteiger partial charge in [-0.25, -0.2) is 4.79 Å². The molecule has 2 aromatic rings. The van der Waals surface area contributed by atoms with E-state index in [-0.39, 0.29) is 18.0 Å². The number of amides is 1. The lowest BCUT2D eigenvalue weighted by atomic mass is 9.91. The topological polar surface area (TPSA) is 128 Å². The molecule has 0 unspecified atom stereocenters. The number of hydrogen-bond donors (Lipinski definition) is 4. The third-order valence-corrected chi connectivity index (χ3v) is 4.44. The van der Waals surface area contributed by atoms with E-state index in [1.807, 2.05) is 31.2 Å². The van der Waals surface area contributed by atoms with Gasteiger partial charge in [-0.3, -0.25) is 0 Å². The van der Waals surface area contributed by atoms with Crippen molar-refractivity contribution in [2.75, 3.05) is 10.6 Å². The number of nitrogens with one attached hydrogen (secondary N) is 2. The average molecular weight is 356 g/mol. The summed E-state index contributed by atoms with van der Waals surface area (Å²) in [7, 11) is 0. The number of anilines is 3. The maximum atomic E-state index is 11.1. The molecule has 0 radical (unpaired) electrons. The summed E-state index contributed by atoms with van der Waals surface area (Å²) in [6.07, 6.45) is 3.32. The fourth-order valence-corrected chi connectivity index (χ4v) is 3.03. The van der Waals surface area contributed by atoms with E-state index >= 15 is 0 Å². The maximum Gasteiger partial charge on any atom is 0.411 e. The number of hydrogen-bond acceptors (Lipinski definition) is 7. The van der Waals surface area contributed by atoms with Crippen LogP contribution in [0, 0.1) is 6.92 Å². The van der Waals surface area contributed by atoms with Gasteiger partial charge >= 0.3 is 6.09 Å². The minimum absolute atomic E-state index is 0.0246. The van der Waals surface area contributed by atoms with Crippen LogP contribution in [0.5, 0.6) is 5.88 Å². The van der Waals surface area contributed by atoms with Crippen LogP contribution in [-0.2, 0) is 0 Å². The second kappa shape index (κ2) is 8.01. The summed E-state index contributed by atoms with van der Waals surface area (Å²) in [6.45, 7) is 2.01. The molecule has 1 aliphatic carbocycles. The van der Waals surface area contributed by atoms with Crippen LogP contribution in [-0.4, -0.2) is 28.4 Å². The first-order valence-electron chi connectivity index (χ1n) is 8.72. The molecule has 1 saturated carbocycles. The second-order valence-electron chi connectivity index (χ2n) is 6.56. The molecule has 138 valence electrons. The number of primary amides is 1. The van der Waals surface area contributed by atoms with Crippen LogP contribution in [0.1, 0.15) is 31.2 Å². The van der Waals surface area contributed by atoms with E-state index < -0.39 is 6.09 Å². The number of rotatable bonds is 5. The zero-order chi connectivity index (χ0) is 18.5. The molecule has 1 heterocycles. The van der Waals surface area contributed by atoms with E-state index in [4.69, 9.17) is 16.2 Å². The van der Waals surface area contributed by atoms with Crippen molar-refractivity contribution >= 4 is 23.3 Å². The number of nitrogens with zero attached hydrogens (tertiary/aromatic N) is 2. The van der Waals surface area contributed by atoms with Crippen LogP contribution in [0.4, 0.5) is 22.0 Å². The molecule has 1 fully saturated rings. The Bertz CT molecular complexity index is 765. The van der Waals surface area contributed by atoms with Gasteiger partial charge < -0.3 is 26.8 Å². The van der Waals surface area contributed by atoms with Crippen molar-refractivity contribution < 1.29 is 9.53 Å². The van der Waals surface area contributed by atoms with Crippen molar-refractivity contribution in [3.05, 3.63) is 35.9 Å². The molecule has 26 heavy (non-hydrogen) atoms. The molecule has 2 atom stereocenters. The van der Waals surface area contributed by atoms with Gasteiger partial charge in [0, 0.05) is 23.8 Å². The quantitative estimate of drug-likeness (QED) is 0.648. The molecule has 8 heteroatoms. The lowest BCUT2D eigenvalue weighted by Crippen LogP contribution is -2.42. The van der Waals surface area contributed by atoms with Crippen molar-refractivity contribution in [1.29, 1.82) is 0 Å². The number of carbonyl (C=O) groups excluding carboxylic acids is 1. The number of benzene rings is 1. The van der Waals surface area contributed by atoms with Crippen molar-refractivity contribution in [2.24, 2.45) is 11.5 Å². The molecule has 0 bridgehead atoms. The predicted octanol–water partition coefficient (Wildman–Crippen LogP) is 2.67. The van der Waals surface area contributed by atoms with Crippen molar-refractivity contribution in [1.82, 2.24) is 10.2 Å². The fourth-order valence-electron chi connectivity index (χ4n) is 3.03. The largest absolute Gasteiger partial charge is 0.411 e. The molecule has 1 amide bonds. The summed E-state index contributed by atoms with van der Waals surface area (Å²) in [4.78, 5) is 11.1. The maximum absolute atomic E-state index is 11.1. The van der Waals surface area contributed by atoms with Crippen molar-refractivity contribution in [3.8, 4) is 5.88 Å². The molecular weight excluding hydrogens is 332 g/mol. The van der Waals surface area contributed by atoms with Crippen molar-refractivity contribution in [2.45, 2.75) is 44.7 Å². The van der Waals surface area contributed by atoms with Crippen LogP contribution < -0.4 is 26.8 Å². The Morgan fingerprint density at radius 1 is 1.19 bits per heavy atom. The van der Waals surface area contributed by atoms with Gasteiger partial charge in [-0.15, -0.1) is 10.2 Å². The van der Waals surface area contributed by atoms with Crippen LogP contribution in [0.15, 0.2) is 30.3 Å². The molecule has 0 saturated heterocycles. The molecule has 3 rings (SSSR count). The second-order valence-corrected chi connectivity index (χ2v) is 6.56. The minimum Gasteiger partial charge on any atom is -0.387 e. The number of ether oxygens (including phenoxy) is 1. The summed E-state index contributed by atoms with van der Waals surface area (Å²) in [6, 6.07) is 9.78. The van der Waals surface area contributed by atoms with E-state index in [9.17, 15) is 4.79 Å². The minimum atomic E-state index is -0.943. The monoisotopic (exact) mass is 356 g/mol. The molecule has 1 aliphatic rings. The average Bonchev–Trinajstić information content (AvgIpc) is 2.61. The smallest absolute Gasteiger partial charge is 0.387 e. The highest BCUT2D eigenvalue weighted by atomic mass is 16.6. The Hall–Kier alpha value is -2.87. The van der Waals surface area contributed by atoms with E-state index in [1.54, 1.807) is 6.07 Å². The summed E-state index contributed by atoms with van der Waals surface area (Å²) in [5.41, 5.74) is 13.8. The summed E-state index contributed by atoms with van der Waals surface area (Å²) in [5, 5.41) is 14.6. The van der Waals surface area contributed by atoms with E-state index in [1.165, 1.54) is 0 Å². The molecule has 8 nitrogen and oxygen atoms in total. The number of aromatic nitrogens is 2. The third kappa shape index (κ3) is 4.60. The van der Waals surface area contributed by atoms with Gasteiger partial charge in [-0.05, 0) is 31.9 Å². The van der Waals surface area contributed by atoms with E-state index in [0.29, 0.717) is 11.5 Å². The van der Waals surface area contributed by atoms with Gasteiger partial charge in [-0.1, -0.05) is 30.5 Å². The van der Waals surface area contributed by atoms with Crippen molar-refractivity contribution in [3.63, 3.8) is 0 Å². The fraction of sp³-hybridized carbons (Fsp3) is 0.389. The lowest BCUT2D eigenvalue weighted by Gasteiger charge is -2.29. The Kier molecular flexibility index (Phi) is 5.52. The van der Waals surface area contributed by atoms with Gasteiger partial charge in [0.2, 0.25) is 0 Å². The predicted molar refractivity (Wildman–Crippen MR) is 101 cm³/mol. The number of carbonyl (C=O) groups is 1. The molecule has 1 aromatic carbocycles. The van der Waals surface area contributed by atoms with Gasteiger partial charge in [-0.2, -0.15) is 0 Å². The molecule has 0 aliphatic heterocycles. The summed E-state index contributed by atoms with van der Waals surface area (Å²) in [5.74, 6) is 0.593. The Balaban J connectivity index is 1.83. The zero-order valence-corrected chi connectivity index (χ0v) is 14.7. The highest BCUT2D eigenvalue weighted by Gasteiger charge is 2.22. The Morgan fingerprint density at radius 2 is 1.92 bits per heavy atom. The first-order chi connectivity index (χ1) is 12.5. The highest BCUT2D eigenvalue weighted by molar-refractivity contribution is 5.73. The third-order valence-electron chi connectivity index (χ3n) is 4.44. The SMILES string of the molecule is Cc1ccc(Nc2cc(N[C@@H]3CCCC[C@@H]3N)nnc2OC(N)=O)cc1. The van der Waals surface area contributed by atoms with Crippen LogP contribution in [0.2, 0.25) is 0 Å². The standard InChI is InChI=1S/C18H24N6O2/c1-11-6-8-12(9-7-11)21-15-10-16(23-24-17(15)26-18(20)25)22-14-5-3-2-4-13(14)19/h6-10,13-14H,2-5,19H2,1H3,(H2,20,25)(H2,21,22,23)/t13-,14+/m0/s1.